The minimum absolute atomic E-state index is 0.0701. The van der Waals surface area contributed by atoms with Gasteiger partial charge in [0.05, 0.1) is 6.04 Å². The fourth-order valence-electron chi connectivity index (χ4n) is 2.47. The Morgan fingerprint density at radius 1 is 1.18 bits per heavy atom. The Kier molecular flexibility index (Phi) is 3.70. The van der Waals surface area contributed by atoms with E-state index in [0.717, 1.165) is 10.9 Å². The molecule has 2 N–H and O–H groups in total. The summed E-state index contributed by atoms with van der Waals surface area (Å²) in [5.41, 5.74) is 1.90. The zero-order valence-electron chi connectivity index (χ0n) is 12.0. The molecule has 0 spiro atoms. The maximum absolute atomic E-state index is 11.5. The molecule has 1 unspecified atom stereocenters. The fraction of sp³-hybridized carbons (Fsp3) is 0.118. The summed E-state index contributed by atoms with van der Waals surface area (Å²) in [6, 6.07) is 10.5. The average molecular weight is 293 g/mol. The van der Waals surface area contributed by atoms with Gasteiger partial charge in [-0.1, -0.05) is 24.3 Å². The number of hydrogen-bond acceptors (Lipinski definition) is 4. The van der Waals surface area contributed by atoms with E-state index < -0.39 is 6.04 Å². The smallest absolute Gasteiger partial charge is 0.217 e. The lowest BCUT2D eigenvalue weighted by Gasteiger charge is -2.20. The molecule has 110 valence electrons. The van der Waals surface area contributed by atoms with Crippen LogP contribution in [0.25, 0.3) is 10.9 Å². The number of carbonyl (C=O) groups is 1. The number of phenolic OH excluding ortho intramolecular Hbond substituents is 1. The molecule has 5 heteroatoms. The molecule has 0 radical (unpaired) electrons. The van der Waals surface area contributed by atoms with Gasteiger partial charge in [0.1, 0.15) is 11.3 Å². The number of amides is 1. The number of carbonyl (C=O) groups excluding carboxylic acids is 1. The summed E-state index contributed by atoms with van der Waals surface area (Å²) in [5, 5.41) is 14.3. The molecule has 0 aliphatic rings. The number of pyridine rings is 2. The third kappa shape index (κ3) is 2.61. The van der Waals surface area contributed by atoms with Gasteiger partial charge in [0.2, 0.25) is 5.91 Å². The number of fused-ring (bicyclic) bond motifs is 1. The molecule has 22 heavy (non-hydrogen) atoms. The van der Waals surface area contributed by atoms with E-state index in [2.05, 4.69) is 15.3 Å². The fourth-order valence-corrected chi connectivity index (χ4v) is 2.47. The molecule has 1 aromatic carbocycles. The number of nitrogens with one attached hydrogen (secondary N) is 1. The van der Waals surface area contributed by atoms with Crippen molar-refractivity contribution in [1.29, 1.82) is 0 Å². The number of hydrogen-bond donors (Lipinski definition) is 2. The molecule has 2 aromatic heterocycles. The maximum atomic E-state index is 11.5. The number of rotatable bonds is 3. The Hall–Kier alpha value is -2.95. The number of aromatic hydroxyl groups is 1. The van der Waals surface area contributed by atoms with Crippen LogP contribution in [0, 0.1) is 0 Å². The number of benzene rings is 1. The van der Waals surface area contributed by atoms with Gasteiger partial charge in [-0.3, -0.25) is 14.8 Å². The van der Waals surface area contributed by atoms with Crippen molar-refractivity contribution in [2.24, 2.45) is 0 Å². The lowest BCUT2D eigenvalue weighted by Crippen LogP contribution is -2.27. The molecule has 2 heterocycles. The first kappa shape index (κ1) is 14.0. The second-order valence-electron chi connectivity index (χ2n) is 5.00. The van der Waals surface area contributed by atoms with Crippen molar-refractivity contribution < 1.29 is 9.90 Å². The van der Waals surface area contributed by atoms with Gasteiger partial charge in [-0.2, -0.15) is 0 Å². The predicted molar refractivity (Wildman–Crippen MR) is 83.3 cm³/mol. The molecule has 0 fully saturated rings. The molecule has 0 aliphatic carbocycles. The van der Waals surface area contributed by atoms with Crippen molar-refractivity contribution in [1.82, 2.24) is 15.3 Å². The van der Waals surface area contributed by atoms with Crippen LogP contribution >= 0.6 is 0 Å². The Bertz CT molecular complexity index is 819. The van der Waals surface area contributed by atoms with E-state index >= 15 is 0 Å². The van der Waals surface area contributed by atoms with Crippen molar-refractivity contribution in [3.63, 3.8) is 0 Å². The quantitative estimate of drug-likeness (QED) is 0.778. The molecule has 0 saturated heterocycles. The van der Waals surface area contributed by atoms with Crippen LogP contribution in [0.4, 0.5) is 0 Å². The van der Waals surface area contributed by atoms with Crippen molar-refractivity contribution in [3.05, 3.63) is 66.1 Å². The zero-order valence-corrected chi connectivity index (χ0v) is 12.0. The van der Waals surface area contributed by atoms with Gasteiger partial charge in [0.15, 0.2) is 0 Å². The number of phenols is 1. The van der Waals surface area contributed by atoms with Gasteiger partial charge >= 0.3 is 0 Å². The van der Waals surface area contributed by atoms with E-state index in [0.29, 0.717) is 11.1 Å². The molecule has 5 nitrogen and oxygen atoms in total. The summed E-state index contributed by atoms with van der Waals surface area (Å²) in [5.74, 6) is -0.116. The average Bonchev–Trinajstić information content (AvgIpc) is 2.54. The summed E-state index contributed by atoms with van der Waals surface area (Å²) >= 11 is 0. The Morgan fingerprint density at radius 3 is 2.73 bits per heavy atom. The minimum atomic E-state index is -0.474. The number of nitrogens with zero attached hydrogens (tertiary/aromatic N) is 2. The number of aromatic nitrogens is 2. The van der Waals surface area contributed by atoms with Crippen LogP contribution in [0.2, 0.25) is 0 Å². The van der Waals surface area contributed by atoms with Crippen molar-refractivity contribution >= 4 is 16.8 Å². The molecule has 0 saturated carbocycles. The molecule has 3 rings (SSSR count). The summed E-state index contributed by atoms with van der Waals surface area (Å²) in [6.07, 6.45) is 4.96. The Morgan fingerprint density at radius 2 is 2.00 bits per heavy atom. The Labute approximate surface area is 127 Å². The van der Waals surface area contributed by atoms with Crippen LogP contribution in [0.3, 0.4) is 0 Å². The first-order valence-electron chi connectivity index (χ1n) is 6.90. The van der Waals surface area contributed by atoms with Crippen LogP contribution in [-0.4, -0.2) is 21.0 Å². The van der Waals surface area contributed by atoms with Gasteiger partial charge in [-0.25, -0.2) is 0 Å². The van der Waals surface area contributed by atoms with Gasteiger partial charge in [-0.05, 0) is 17.7 Å². The topological polar surface area (TPSA) is 75.1 Å². The minimum Gasteiger partial charge on any atom is -0.505 e. The zero-order chi connectivity index (χ0) is 15.5. The molecule has 1 atom stereocenters. The van der Waals surface area contributed by atoms with Gasteiger partial charge in [-0.15, -0.1) is 0 Å². The summed E-state index contributed by atoms with van der Waals surface area (Å²) in [4.78, 5) is 19.8. The maximum Gasteiger partial charge on any atom is 0.217 e. The van der Waals surface area contributed by atoms with Crippen LogP contribution in [0.15, 0.2) is 55.0 Å². The van der Waals surface area contributed by atoms with E-state index in [1.54, 1.807) is 30.7 Å². The van der Waals surface area contributed by atoms with Gasteiger partial charge in [0, 0.05) is 36.5 Å². The highest BCUT2D eigenvalue weighted by Gasteiger charge is 2.20. The van der Waals surface area contributed by atoms with Crippen molar-refractivity contribution in [2.75, 3.05) is 0 Å². The van der Waals surface area contributed by atoms with Gasteiger partial charge < -0.3 is 10.4 Å². The third-order valence-corrected chi connectivity index (χ3v) is 3.46. The van der Waals surface area contributed by atoms with Crippen molar-refractivity contribution in [2.45, 2.75) is 13.0 Å². The first-order chi connectivity index (χ1) is 10.7. The molecule has 0 bridgehead atoms. The SMILES string of the molecule is CC(=O)NC(c1cccnc1)c1ccc2cccnc2c1O. The predicted octanol–water partition coefficient (Wildman–Crippen LogP) is 2.56. The molecular formula is C17H15N3O2. The third-order valence-electron chi connectivity index (χ3n) is 3.46. The standard InChI is InChI=1S/C17H15N3O2/c1-11(21)20-15(13-5-2-8-18-10-13)14-7-6-12-4-3-9-19-16(12)17(14)22/h2-10,15,22H,1H3,(H,20,21). The lowest BCUT2D eigenvalue weighted by molar-refractivity contribution is -0.119. The van der Waals surface area contributed by atoms with E-state index in [1.807, 2.05) is 24.3 Å². The highest BCUT2D eigenvalue weighted by Crippen LogP contribution is 2.34. The molecule has 1 amide bonds. The molecule has 0 aliphatic heterocycles. The van der Waals surface area contributed by atoms with Crippen LogP contribution < -0.4 is 5.32 Å². The lowest BCUT2D eigenvalue weighted by atomic mass is 9.97. The normalized spacial score (nSPS) is 12.0. The summed E-state index contributed by atoms with van der Waals surface area (Å²) in [6.45, 7) is 1.44. The Balaban J connectivity index is 2.16. The summed E-state index contributed by atoms with van der Waals surface area (Å²) in [7, 11) is 0. The first-order valence-corrected chi connectivity index (χ1v) is 6.90. The van der Waals surface area contributed by atoms with E-state index in [9.17, 15) is 9.90 Å². The van der Waals surface area contributed by atoms with E-state index in [-0.39, 0.29) is 11.7 Å². The highest BCUT2D eigenvalue weighted by molar-refractivity contribution is 5.86. The van der Waals surface area contributed by atoms with E-state index in [4.69, 9.17) is 0 Å². The monoisotopic (exact) mass is 293 g/mol. The van der Waals surface area contributed by atoms with Crippen molar-refractivity contribution in [3.8, 4) is 5.75 Å². The van der Waals surface area contributed by atoms with E-state index in [1.165, 1.54) is 6.92 Å². The van der Waals surface area contributed by atoms with Crippen LogP contribution in [0.5, 0.6) is 5.75 Å². The largest absolute Gasteiger partial charge is 0.505 e. The summed E-state index contributed by atoms with van der Waals surface area (Å²) < 4.78 is 0. The van der Waals surface area contributed by atoms with Crippen LogP contribution in [0.1, 0.15) is 24.1 Å². The second-order valence-corrected chi connectivity index (χ2v) is 5.00. The molecule has 3 aromatic rings. The molecular weight excluding hydrogens is 278 g/mol. The van der Waals surface area contributed by atoms with Gasteiger partial charge in [0.25, 0.3) is 0 Å². The van der Waals surface area contributed by atoms with Crippen LogP contribution in [-0.2, 0) is 4.79 Å². The highest BCUT2D eigenvalue weighted by atomic mass is 16.3. The second kappa shape index (κ2) is 5.81.